The number of hydrogen-bond donors (Lipinski definition) is 1. The summed E-state index contributed by atoms with van der Waals surface area (Å²) in [4.78, 5) is 26.9. The van der Waals surface area contributed by atoms with Crippen molar-refractivity contribution in [1.82, 2.24) is 4.90 Å². The molecular formula is C23H27NO6. The zero-order chi connectivity index (χ0) is 21.8. The lowest BCUT2D eigenvalue weighted by molar-refractivity contribution is -0.140. The highest BCUT2D eigenvalue weighted by Gasteiger charge is 2.47. The van der Waals surface area contributed by atoms with Crippen molar-refractivity contribution in [2.75, 3.05) is 26.9 Å². The molecule has 1 amide bonds. The number of furan rings is 1. The number of hydrogen-bond acceptors (Lipinski definition) is 6. The highest BCUT2D eigenvalue weighted by molar-refractivity contribution is 6.46. The molecule has 160 valence electrons. The molecule has 30 heavy (non-hydrogen) atoms. The first-order valence-corrected chi connectivity index (χ1v) is 9.90. The molecule has 1 atom stereocenters. The van der Waals surface area contributed by atoms with Crippen LogP contribution in [0.25, 0.3) is 5.76 Å². The quantitative estimate of drug-likeness (QED) is 0.403. The number of carbonyl (C=O) groups excluding carboxylic acids is 2. The van der Waals surface area contributed by atoms with Crippen LogP contribution >= 0.6 is 0 Å². The van der Waals surface area contributed by atoms with Gasteiger partial charge in [0.25, 0.3) is 11.7 Å². The molecule has 1 aliphatic rings. The van der Waals surface area contributed by atoms with Gasteiger partial charge >= 0.3 is 0 Å². The van der Waals surface area contributed by atoms with Gasteiger partial charge in [0.15, 0.2) is 0 Å². The van der Waals surface area contributed by atoms with Crippen LogP contribution in [-0.4, -0.2) is 48.6 Å². The summed E-state index contributed by atoms with van der Waals surface area (Å²) in [6, 6.07) is 9.48. The van der Waals surface area contributed by atoms with Gasteiger partial charge in [-0.1, -0.05) is 26.0 Å². The lowest BCUT2D eigenvalue weighted by atomic mass is 9.99. The van der Waals surface area contributed by atoms with Gasteiger partial charge in [-0.05, 0) is 37.1 Å². The second-order valence-electron chi connectivity index (χ2n) is 7.67. The number of carbonyl (C=O) groups is 2. The zero-order valence-electron chi connectivity index (χ0n) is 17.7. The number of aliphatic hydroxyl groups excluding tert-OH is 1. The van der Waals surface area contributed by atoms with Crippen LogP contribution in [0.3, 0.4) is 0 Å². The number of aliphatic hydroxyl groups is 1. The summed E-state index contributed by atoms with van der Waals surface area (Å²) in [6.45, 7) is 6.83. The number of amides is 1. The summed E-state index contributed by atoms with van der Waals surface area (Å²) in [7, 11) is 1.52. The molecule has 0 aliphatic carbocycles. The van der Waals surface area contributed by atoms with Gasteiger partial charge in [0.2, 0.25) is 0 Å². The largest absolute Gasteiger partial charge is 0.507 e. The van der Waals surface area contributed by atoms with Crippen molar-refractivity contribution in [1.29, 1.82) is 0 Å². The molecule has 1 aliphatic heterocycles. The van der Waals surface area contributed by atoms with Crippen molar-refractivity contribution in [3.05, 3.63) is 59.1 Å². The lowest BCUT2D eigenvalue weighted by Gasteiger charge is -2.22. The van der Waals surface area contributed by atoms with Crippen molar-refractivity contribution < 1.29 is 28.6 Å². The number of nitrogens with zero attached hydrogens (tertiary/aromatic N) is 1. The number of Topliss-reactive ketones (excluding diaryl/α,β-unsaturated/α-hetero) is 1. The average Bonchev–Trinajstić information content (AvgIpc) is 3.26. The monoisotopic (exact) mass is 413 g/mol. The van der Waals surface area contributed by atoms with E-state index >= 15 is 0 Å². The first-order chi connectivity index (χ1) is 14.3. The summed E-state index contributed by atoms with van der Waals surface area (Å²) < 4.78 is 16.5. The van der Waals surface area contributed by atoms with Crippen LogP contribution in [0.2, 0.25) is 0 Å². The van der Waals surface area contributed by atoms with Gasteiger partial charge in [0.1, 0.15) is 29.1 Å². The van der Waals surface area contributed by atoms with E-state index in [9.17, 15) is 14.7 Å². The van der Waals surface area contributed by atoms with Crippen molar-refractivity contribution in [2.24, 2.45) is 5.92 Å². The Kier molecular flexibility index (Phi) is 6.62. The van der Waals surface area contributed by atoms with Gasteiger partial charge < -0.3 is 23.9 Å². The third kappa shape index (κ3) is 4.41. The third-order valence-corrected chi connectivity index (χ3v) is 4.80. The molecule has 2 heterocycles. The van der Waals surface area contributed by atoms with E-state index in [1.807, 2.05) is 13.8 Å². The van der Waals surface area contributed by atoms with E-state index in [2.05, 4.69) is 0 Å². The minimum Gasteiger partial charge on any atom is -0.507 e. The molecule has 1 unspecified atom stereocenters. The van der Waals surface area contributed by atoms with E-state index in [0.717, 1.165) is 0 Å². The summed E-state index contributed by atoms with van der Waals surface area (Å²) in [6.07, 6.45) is 0. The summed E-state index contributed by atoms with van der Waals surface area (Å²) in [5.74, 6) is 0.267. The van der Waals surface area contributed by atoms with Gasteiger partial charge in [-0.15, -0.1) is 0 Å². The topological polar surface area (TPSA) is 89.2 Å². The number of rotatable bonds is 8. The summed E-state index contributed by atoms with van der Waals surface area (Å²) >= 11 is 0. The summed E-state index contributed by atoms with van der Waals surface area (Å²) in [5, 5.41) is 11.0. The first kappa shape index (κ1) is 21.6. The molecule has 0 radical (unpaired) electrons. The lowest BCUT2D eigenvalue weighted by Crippen LogP contribution is -2.32. The van der Waals surface area contributed by atoms with E-state index in [0.29, 0.717) is 35.4 Å². The van der Waals surface area contributed by atoms with Crippen LogP contribution in [0.1, 0.15) is 37.0 Å². The molecule has 1 N–H and O–H groups in total. The van der Waals surface area contributed by atoms with Crippen LogP contribution in [0.5, 0.6) is 5.75 Å². The Bertz CT molecular complexity index is 958. The minimum absolute atomic E-state index is 0.00790. The van der Waals surface area contributed by atoms with E-state index in [4.69, 9.17) is 13.9 Å². The van der Waals surface area contributed by atoms with Gasteiger partial charge in [0.05, 0.1) is 18.8 Å². The molecular weight excluding hydrogens is 386 g/mol. The Hall–Kier alpha value is -3.06. The summed E-state index contributed by atoms with van der Waals surface area (Å²) in [5.41, 5.74) is 0.390. The Labute approximate surface area is 175 Å². The second kappa shape index (κ2) is 9.17. The van der Waals surface area contributed by atoms with Gasteiger partial charge in [-0.3, -0.25) is 9.59 Å². The smallest absolute Gasteiger partial charge is 0.295 e. The van der Waals surface area contributed by atoms with Gasteiger partial charge in [-0.2, -0.15) is 0 Å². The van der Waals surface area contributed by atoms with E-state index < -0.39 is 17.7 Å². The Morgan fingerprint density at radius 2 is 2.00 bits per heavy atom. The predicted octanol–water partition coefficient (Wildman–Crippen LogP) is 3.69. The van der Waals surface area contributed by atoms with Crippen LogP contribution in [-0.2, 0) is 14.3 Å². The number of likely N-dealkylation sites (tertiary alicyclic amines) is 1. The minimum atomic E-state index is -0.825. The van der Waals surface area contributed by atoms with Crippen LogP contribution in [0.15, 0.2) is 46.4 Å². The molecule has 7 heteroatoms. The molecule has 1 fully saturated rings. The molecule has 0 spiro atoms. The third-order valence-electron chi connectivity index (χ3n) is 4.80. The van der Waals surface area contributed by atoms with Crippen LogP contribution < -0.4 is 4.74 Å². The average molecular weight is 413 g/mol. The fourth-order valence-electron chi connectivity index (χ4n) is 3.35. The van der Waals surface area contributed by atoms with Crippen LogP contribution in [0.4, 0.5) is 0 Å². The number of methoxy groups -OCH3 is 1. The first-order valence-electron chi connectivity index (χ1n) is 9.90. The van der Waals surface area contributed by atoms with Crippen molar-refractivity contribution in [3.63, 3.8) is 0 Å². The maximum atomic E-state index is 12.9. The number of aryl methyl sites for hydroxylation is 1. The highest BCUT2D eigenvalue weighted by Crippen LogP contribution is 2.40. The van der Waals surface area contributed by atoms with Crippen LogP contribution in [0, 0.1) is 12.8 Å². The Morgan fingerprint density at radius 3 is 2.63 bits per heavy atom. The molecule has 3 rings (SSSR count). The number of benzene rings is 1. The highest BCUT2D eigenvalue weighted by atomic mass is 16.5. The fourth-order valence-corrected chi connectivity index (χ4v) is 3.35. The molecule has 2 aromatic rings. The van der Waals surface area contributed by atoms with Crippen molar-refractivity contribution in [3.8, 4) is 5.75 Å². The van der Waals surface area contributed by atoms with E-state index in [-0.39, 0.29) is 24.5 Å². The normalized spacial score (nSPS) is 18.4. The Morgan fingerprint density at radius 1 is 1.23 bits per heavy atom. The predicted molar refractivity (Wildman–Crippen MR) is 111 cm³/mol. The van der Waals surface area contributed by atoms with Gasteiger partial charge in [0, 0.05) is 19.2 Å². The van der Waals surface area contributed by atoms with Crippen molar-refractivity contribution >= 4 is 17.4 Å². The molecule has 1 saturated heterocycles. The van der Waals surface area contributed by atoms with E-state index in [1.54, 1.807) is 43.3 Å². The SMILES string of the molecule is COCCN1C(=O)C(=O)/C(=C(\O)c2cccc(OCC(C)C)c2)C1c1ccc(C)o1. The van der Waals surface area contributed by atoms with Gasteiger partial charge in [-0.25, -0.2) is 0 Å². The molecule has 7 nitrogen and oxygen atoms in total. The number of ether oxygens (including phenoxy) is 2. The second-order valence-corrected chi connectivity index (χ2v) is 7.67. The molecule has 1 aromatic heterocycles. The maximum absolute atomic E-state index is 12.9. The fraction of sp³-hybridized carbons (Fsp3) is 0.391. The molecule has 0 saturated carbocycles. The van der Waals surface area contributed by atoms with Crippen molar-refractivity contribution in [2.45, 2.75) is 26.8 Å². The molecule has 0 bridgehead atoms. The van der Waals surface area contributed by atoms with E-state index in [1.165, 1.54) is 12.0 Å². The Balaban J connectivity index is 2.05. The zero-order valence-corrected chi connectivity index (χ0v) is 17.7. The molecule has 1 aromatic carbocycles. The maximum Gasteiger partial charge on any atom is 0.295 e. The standard InChI is InChI=1S/C23H27NO6/c1-14(2)13-29-17-7-5-6-16(12-17)21(25)19-20(18-9-8-15(3)30-18)24(10-11-28-4)23(27)22(19)26/h5-9,12,14,20,25H,10-11,13H2,1-4H3/b21-19-. The number of ketones is 1.